The van der Waals surface area contributed by atoms with Crippen molar-refractivity contribution in [1.82, 2.24) is 14.3 Å². The summed E-state index contributed by atoms with van der Waals surface area (Å²) in [5, 5.41) is 7.26. The number of benzene rings is 1. The molecule has 0 saturated carbocycles. The molecule has 0 saturated heterocycles. The van der Waals surface area contributed by atoms with Crippen molar-refractivity contribution >= 4 is 29.0 Å². The van der Waals surface area contributed by atoms with Crippen LogP contribution in [0.1, 0.15) is 41.3 Å². The van der Waals surface area contributed by atoms with Crippen molar-refractivity contribution in [3.05, 3.63) is 102 Å². The number of nitrogens with zero attached hydrogens (tertiary/aromatic N) is 4. The zero-order valence-corrected chi connectivity index (χ0v) is 20.9. The van der Waals surface area contributed by atoms with Gasteiger partial charge in [0.05, 0.1) is 22.0 Å². The number of thiazole rings is 1. The highest BCUT2D eigenvalue weighted by molar-refractivity contribution is 7.07. The van der Waals surface area contributed by atoms with Crippen LogP contribution in [-0.4, -0.2) is 20.3 Å². The van der Waals surface area contributed by atoms with Gasteiger partial charge in [-0.3, -0.25) is 18.8 Å². The van der Waals surface area contributed by atoms with Crippen LogP contribution >= 0.6 is 11.3 Å². The van der Waals surface area contributed by atoms with Gasteiger partial charge in [0.25, 0.3) is 11.5 Å². The van der Waals surface area contributed by atoms with Gasteiger partial charge in [-0.05, 0) is 57.5 Å². The predicted molar refractivity (Wildman–Crippen MR) is 135 cm³/mol. The van der Waals surface area contributed by atoms with E-state index in [4.69, 9.17) is 4.42 Å². The van der Waals surface area contributed by atoms with Crippen LogP contribution in [-0.2, 0) is 11.8 Å². The fraction of sp³-hybridized carbons (Fsp3) is 0.231. The first kappa shape index (κ1) is 22.8. The van der Waals surface area contributed by atoms with Crippen LogP contribution in [0.2, 0.25) is 0 Å². The Kier molecular flexibility index (Phi) is 5.64. The molecule has 0 bridgehead atoms. The van der Waals surface area contributed by atoms with Crippen molar-refractivity contribution in [2.75, 3.05) is 5.32 Å². The van der Waals surface area contributed by atoms with Crippen LogP contribution in [0.25, 0.3) is 6.08 Å². The van der Waals surface area contributed by atoms with E-state index < -0.39 is 6.04 Å². The number of hydrogen-bond acceptors (Lipinski definition) is 6. The molecule has 0 unspecified atom stereocenters. The van der Waals surface area contributed by atoms with E-state index in [1.807, 2.05) is 70.3 Å². The number of para-hydroxylation sites is 1. The maximum Gasteiger partial charge on any atom is 0.271 e. The third-order valence-electron chi connectivity index (χ3n) is 6.25. The Hall–Kier alpha value is -3.98. The number of aromatic nitrogens is 3. The number of amides is 1. The number of nitrogens with one attached hydrogen (secondary N) is 1. The highest BCUT2D eigenvalue weighted by Gasteiger charge is 2.34. The van der Waals surface area contributed by atoms with E-state index in [0.29, 0.717) is 37.8 Å². The van der Waals surface area contributed by atoms with Gasteiger partial charge in [-0.1, -0.05) is 29.5 Å². The molecule has 1 amide bonds. The number of anilines is 1. The quantitative estimate of drug-likeness (QED) is 0.479. The fourth-order valence-electron chi connectivity index (χ4n) is 4.18. The zero-order valence-electron chi connectivity index (χ0n) is 20.1. The van der Waals surface area contributed by atoms with Crippen LogP contribution in [0.5, 0.6) is 0 Å². The zero-order chi connectivity index (χ0) is 24.9. The molecule has 1 atom stereocenters. The minimum atomic E-state index is -0.735. The number of hydrogen-bond donors (Lipinski definition) is 1. The van der Waals surface area contributed by atoms with E-state index in [-0.39, 0.29) is 11.5 Å². The Morgan fingerprint density at radius 3 is 2.57 bits per heavy atom. The SMILES string of the molecule is CC1=C(C(=O)Nc2ccccc2C)[C@@H](c2ccc(C)o2)n2c(s/c(=C/c3cnn(C)c3C)c2=O)=N1. The van der Waals surface area contributed by atoms with E-state index >= 15 is 0 Å². The van der Waals surface area contributed by atoms with Crippen LogP contribution in [0.4, 0.5) is 5.69 Å². The van der Waals surface area contributed by atoms with Crippen LogP contribution in [0.3, 0.4) is 0 Å². The molecule has 4 aromatic rings. The highest BCUT2D eigenvalue weighted by atomic mass is 32.1. The highest BCUT2D eigenvalue weighted by Crippen LogP contribution is 2.32. The van der Waals surface area contributed by atoms with Gasteiger partial charge in [0.1, 0.15) is 17.6 Å². The molecule has 178 valence electrons. The number of carbonyl (C=O) groups excluding carboxylic acids is 1. The van der Waals surface area contributed by atoms with Gasteiger partial charge in [-0.2, -0.15) is 5.10 Å². The van der Waals surface area contributed by atoms with Crippen molar-refractivity contribution in [3.8, 4) is 0 Å². The normalized spacial score (nSPS) is 15.8. The Morgan fingerprint density at radius 2 is 1.91 bits per heavy atom. The molecule has 8 nitrogen and oxygen atoms in total. The van der Waals surface area contributed by atoms with Gasteiger partial charge in [0.15, 0.2) is 4.80 Å². The fourth-order valence-corrected chi connectivity index (χ4v) is 5.22. The summed E-state index contributed by atoms with van der Waals surface area (Å²) in [4.78, 5) is 32.4. The van der Waals surface area contributed by atoms with Gasteiger partial charge in [0.2, 0.25) is 0 Å². The molecular weight excluding hydrogens is 462 g/mol. The second kappa shape index (κ2) is 8.66. The van der Waals surface area contributed by atoms with E-state index in [2.05, 4.69) is 15.4 Å². The molecule has 1 aliphatic heterocycles. The summed E-state index contributed by atoms with van der Waals surface area (Å²) < 4.78 is 9.78. The average Bonchev–Trinajstić information content (AvgIpc) is 3.48. The Morgan fingerprint density at radius 1 is 1.14 bits per heavy atom. The van der Waals surface area contributed by atoms with Gasteiger partial charge < -0.3 is 9.73 Å². The molecule has 9 heteroatoms. The standard InChI is InChI=1S/C26H25N5O3S/c1-14-8-6-7-9-19(14)29-24(32)22-16(3)28-26-31(23(22)20-11-10-15(2)34-20)25(33)21(35-26)12-18-13-27-30(5)17(18)4/h6-13,23H,1-5H3,(H,29,32)/b21-12+/t23-/m1/s1. The molecule has 3 aromatic heterocycles. The average molecular weight is 488 g/mol. The van der Waals surface area contributed by atoms with Crippen LogP contribution in [0, 0.1) is 20.8 Å². The summed E-state index contributed by atoms with van der Waals surface area (Å²) in [6, 6.07) is 10.5. The number of aryl methyl sites for hydroxylation is 3. The van der Waals surface area contributed by atoms with E-state index in [1.54, 1.807) is 22.4 Å². The Labute approximate surface area is 205 Å². The molecule has 1 aromatic carbocycles. The van der Waals surface area contributed by atoms with Gasteiger partial charge in [-0.15, -0.1) is 0 Å². The second-order valence-electron chi connectivity index (χ2n) is 8.61. The molecule has 1 N–H and O–H groups in total. The molecule has 0 fully saturated rings. The van der Waals surface area contributed by atoms with Crippen molar-refractivity contribution in [3.63, 3.8) is 0 Å². The number of carbonyl (C=O) groups is 1. The second-order valence-corrected chi connectivity index (χ2v) is 9.62. The van der Waals surface area contributed by atoms with E-state index in [1.165, 1.54) is 11.3 Å². The Bertz CT molecular complexity index is 1680. The summed E-state index contributed by atoms with van der Waals surface area (Å²) in [7, 11) is 1.86. The monoisotopic (exact) mass is 487 g/mol. The summed E-state index contributed by atoms with van der Waals surface area (Å²) >= 11 is 1.29. The number of allylic oxidation sites excluding steroid dienone is 1. The van der Waals surface area contributed by atoms with Crippen molar-refractivity contribution in [2.45, 2.75) is 33.7 Å². The number of furan rings is 1. The predicted octanol–water partition coefficient (Wildman–Crippen LogP) is 3.13. The maximum absolute atomic E-state index is 13.7. The van der Waals surface area contributed by atoms with Gasteiger partial charge >= 0.3 is 0 Å². The lowest BCUT2D eigenvalue weighted by Crippen LogP contribution is -2.40. The molecule has 5 rings (SSSR count). The third-order valence-corrected chi connectivity index (χ3v) is 7.23. The maximum atomic E-state index is 13.7. The lowest BCUT2D eigenvalue weighted by Gasteiger charge is -2.23. The van der Waals surface area contributed by atoms with Crippen molar-refractivity contribution in [2.24, 2.45) is 12.0 Å². The number of fused-ring (bicyclic) bond motifs is 1. The summed E-state index contributed by atoms with van der Waals surface area (Å²) in [6.07, 6.45) is 3.55. The molecule has 35 heavy (non-hydrogen) atoms. The first-order valence-corrected chi connectivity index (χ1v) is 12.0. The van der Waals surface area contributed by atoms with Crippen LogP contribution in [0.15, 0.2) is 68.1 Å². The summed E-state index contributed by atoms with van der Waals surface area (Å²) in [5.41, 5.74) is 4.13. The van der Waals surface area contributed by atoms with Gasteiger partial charge in [-0.25, -0.2) is 4.99 Å². The molecule has 0 aliphatic carbocycles. The van der Waals surface area contributed by atoms with E-state index in [9.17, 15) is 9.59 Å². The minimum absolute atomic E-state index is 0.232. The van der Waals surface area contributed by atoms with Crippen LogP contribution < -0.4 is 20.2 Å². The first-order valence-electron chi connectivity index (χ1n) is 11.2. The van der Waals surface area contributed by atoms with Gasteiger partial charge in [0, 0.05) is 24.0 Å². The largest absolute Gasteiger partial charge is 0.464 e. The Balaban J connectivity index is 1.68. The van der Waals surface area contributed by atoms with E-state index in [0.717, 1.165) is 16.8 Å². The lowest BCUT2D eigenvalue weighted by molar-refractivity contribution is -0.113. The molecule has 0 spiro atoms. The number of rotatable bonds is 4. The first-order chi connectivity index (χ1) is 16.7. The van der Waals surface area contributed by atoms with Crippen molar-refractivity contribution in [1.29, 1.82) is 0 Å². The topological polar surface area (TPSA) is 94.4 Å². The lowest BCUT2D eigenvalue weighted by atomic mass is 10.00. The molecule has 0 radical (unpaired) electrons. The molecule has 4 heterocycles. The van der Waals surface area contributed by atoms with Crippen molar-refractivity contribution < 1.29 is 9.21 Å². The molecular formula is C26H25N5O3S. The third kappa shape index (κ3) is 3.97. The summed E-state index contributed by atoms with van der Waals surface area (Å²) in [5.74, 6) is 0.885. The minimum Gasteiger partial charge on any atom is -0.464 e. The smallest absolute Gasteiger partial charge is 0.271 e. The molecule has 1 aliphatic rings. The summed E-state index contributed by atoms with van der Waals surface area (Å²) in [6.45, 7) is 7.50.